The maximum atomic E-state index is 13.2. The Balaban J connectivity index is 0.00000450. The van der Waals surface area contributed by atoms with E-state index in [-0.39, 0.29) is 24.0 Å². The minimum absolute atomic E-state index is 0. The molecule has 1 fully saturated rings. The van der Waals surface area contributed by atoms with Crippen LogP contribution in [0, 0.1) is 5.92 Å². The number of rotatable bonds is 9. The van der Waals surface area contributed by atoms with Crippen LogP contribution in [0.25, 0.3) is 0 Å². The summed E-state index contributed by atoms with van der Waals surface area (Å²) >= 11 is 0. The van der Waals surface area contributed by atoms with E-state index in [0.29, 0.717) is 30.4 Å². The van der Waals surface area contributed by atoms with Crippen molar-refractivity contribution in [3.63, 3.8) is 0 Å². The van der Waals surface area contributed by atoms with Gasteiger partial charge in [0.05, 0.1) is 11.4 Å². The Hall–Kier alpha value is -0.910. The van der Waals surface area contributed by atoms with Crippen molar-refractivity contribution in [2.75, 3.05) is 46.3 Å². The first-order valence-corrected chi connectivity index (χ1v) is 12.1. The van der Waals surface area contributed by atoms with Crippen molar-refractivity contribution in [2.45, 2.75) is 45.1 Å². The quantitative estimate of drug-likeness (QED) is 0.214. The predicted octanol–water partition coefficient (Wildman–Crippen LogP) is 2.73. The van der Waals surface area contributed by atoms with Crippen LogP contribution in [-0.2, 0) is 16.6 Å². The first kappa shape index (κ1) is 27.1. The van der Waals surface area contributed by atoms with E-state index in [1.54, 1.807) is 16.4 Å². The van der Waals surface area contributed by atoms with Crippen LogP contribution in [0.5, 0.6) is 0 Å². The number of hydrogen-bond acceptors (Lipinski definition) is 4. The highest BCUT2D eigenvalue weighted by Crippen LogP contribution is 2.22. The average Bonchev–Trinajstić information content (AvgIpc) is 2.69. The molecule has 172 valence electrons. The molecule has 1 saturated heterocycles. The van der Waals surface area contributed by atoms with Crippen LogP contribution in [0.15, 0.2) is 34.2 Å². The molecule has 2 rings (SSSR count). The zero-order chi connectivity index (χ0) is 21.3. The van der Waals surface area contributed by atoms with Crippen LogP contribution in [0.4, 0.5) is 0 Å². The van der Waals surface area contributed by atoms with Crippen LogP contribution >= 0.6 is 24.0 Å². The number of hydrogen-bond donors (Lipinski definition) is 2. The molecule has 0 bridgehead atoms. The van der Waals surface area contributed by atoms with E-state index < -0.39 is 10.0 Å². The van der Waals surface area contributed by atoms with Crippen molar-refractivity contribution in [3.05, 3.63) is 29.8 Å². The summed E-state index contributed by atoms with van der Waals surface area (Å²) in [6.07, 6.45) is 2.24. The summed E-state index contributed by atoms with van der Waals surface area (Å²) in [5, 5.41) is 6.59. The summed E-state index contributed by atoms with van der Waals surface area (Å²) in [6, 6.07) is 7.21. The van der Waals surface area contributed by atoms with Gasteiger partial charge in [0, 0.05) is 39.3 Å². The Kier molecular flexibility index (Phi) is 12.2. The van der Waals surface area contributed by atoms with E-state index in [0.717, 1.165) is 44.1 Å². The number of nitrogens with zero attached hydrogens (tertiary/aromatic N) is 3. The lowest BCUT2D eigenvalue weighted by Gasteiger charge is -2.32. The molecule has 1 aliphatic heterocycles. The topological polar surface area (TPSA) is 77.0 Å². The fourth-order valence-electron chi connectivity index (χ4n) is 3.28. The van der Waals surface area contributed by atoms with Crippen LogP contribution in [0.3, 0.4) is 0 Å². The summed E-state index contributed by atoms with van der Waals surface area (Å²) in [6.45, 7) is 11.0. The van der Waals surface area contributed by atoms with Gasteiger partial charge in [-0.3, -0.25) is 0 Å². The number of piperazine rings is 1. The molecule has 2 N–H and O–H groups in total. The maximum Gasteiger partial charge on any atom is 0.243 e. The largest absolute Gasteiger partial charge is 0.357 e. The Morgan fingerprint density at radius 3 is 2.43 bits per heavy atom. The highest BCUT2D eigenvalue weighted by Gasteiger charge is 2.29. The monoisotopic (exact) mass is 551 g/mol. The minimum atomic E-state index is -3.51. The van der Waals surface area contributed by atoms with Crippen molar-refractivity contribution in [3.8, 4) is 0 Å². The molecule has 1 aliphatic rings. The number of sulfonamides is 1. The molecule has 0 amide bonds. The van der Waals surface area contributed by atoms with Crippen LogP contribution in [-0.4, -0.2) is 69.9 Å². The van der Waals surface area contributed by atoms with Gasteiger partial charge in [0.15, 0.2) is 5.96 Å². The van der Waals surface area contributed by atoms with Crippen LogP contribution in [0.1, 0.15) is 39.2 Å². The molecule has 30 heavy (non-hydrogen) atoms. The van der Waals surface area contributed by atoms with Crippen molar-refractivity contribution >= 4 is 40.0 Å². The molecule has 0 radical (unpaired) electrons. The Labute approximate surface area is 199 Å². The third-order valence-electron chi connectivity index (χ3n) is 5.06. The SMILES string of the molecule is CCNC(=NCc1ccccc1S(=O)(=O)N1CCN(C)CC1)NCCCC(C)C.I. The average molecular weight is 552 g/mol. The number of nitrogens with one attached hydrogen (secondary N) is 2. The van der Waals surface area contributed by atoms with Gasteiger partial charge < -0.3 is 15.5 Å². The van der Waals surface area contributed by atoms with E-state index in [9.17, 15) is 8.42 Å². The molecule has 0 spiro atoms. The molecule has 9 heteroatoms. The van der Waals surface area contributed by atoms with E-state index in [4.69, 9.17) is 0 Å². The van der Waals surface area contributed by atoms with E-state index in [1.807, 2.05) is 26.1 Å². The summed E-state index contributed by atoms with van der Waals surface area (Å²) in [5.74, 6) is 1.41. The van der Waals surface area contributed by atoms with E-state index in [2.05, 4.69) is 34.4 Å². The normalized spacial score (nSPS) is 16.4. The molecule has 0 unspecified atom stereocenters. The number of benzene rings is 1. The Bertz CT molecular complexity index is 762. The van der Waals surface area contributed by atoms with Gasteiger partial charge in [-0.2, -0.15) is 4.31 Å². The van der Waals surface area contributed by atoms with Gasteiger partial charge in [-0.1, -0.05) is 32.0 Å². The smallest absolute Gasteiger partial charge is 0.243 e. The predicted molar refractivity (Wildman–Crippen MR) is 135 cm³/mol. The second-order valence-corrected chi connectivity index (χ2v) is 9.88. The lowest BCUT2D eigenvalue weighted by molar-refractivity contribution is 0.222. The standard InChI is InChI=1S/C21H37N5O2S.HI/c1-5-22-21(23-12-8-9-18(2)3)24-17-19-10-6-7-11-20(19)29(27,28)26-15-13-25(4)14-16-26;/h6-7,10-11,18H,5,8-9,12-17H2,1-4H3,(H2,22,23,24);1H. The van der Waals surface area contributed by atoms with Gasteiger partial charge in [-0.25, -0.2) is 13.4 Å². The van der Waals surface area contributed by atoms with Gasteiger partial charge in [0.25, 0.3) is 0 Å². The molecule has 0 atom stereocenters. The number of likely N-dealkylation sites (N-methyl/N-ethyl adjacent to an activating group) is 1. The van der Waals surface area contributed by atoms with Gasteiger partial charge in [-0.05, 0) is 44.4 Å². The molecule has 1 aromatic carbocycles. The lowest BCUT2D eigenvalue weighted by atomic mass is 10.1. The maximum absolute atomic E-state index is 13.2. The molecule has 0 aliphatic carbocycles. The van der Waals surface area contributed by atoms with Crippen molar-refractivity contribution in [1.82, 2.24) is 19.8 Å². The van der Waals surface area contributed by atoms with Crippen LogP contribution in [0.2, 0.25) is 0 Å². The Morgan fingerprint density at radius 2 is 1.80 bits per heavy atom. The molecule has 0 aromatic heterocycles. The van der Waals surface area contributed by atoms with Gasteiger partial charge in [0.1, 0.15) is 0 Å². The summed E-state index contributed by atoms with van der Waals surface area (Å²) < 4.78 is 28.0. The summed E-state index contributed by atoms with van der Waals surface area (Å²) in [5.41, 5.74) is 0.728. The third kappa shape index (κ3) is 8.32. The minimum Gasteiger partial charge on any atom is -0.357 e. The highest BCUT2D eigenvalue weighted by atomic mass is 127. The molecular weight excluding hydrogens is 513 g/mol. The molecule has 0 saturated carbocycles. The van der Waals surface area contributed by atoms with Crippen molar-refractivity contribution < 1.29 is 8.42 Å². The van der Waals surface area contributed by atoms with Crippen LogP contribution < -0.4 is 10.6 Å². The number of aliphatic imine (C=N–C) groups is 1. The summed E-state index contributed by atoms with van der Waals surface area (Å²) in [7, 11) is -1.49. The van der Waals surface area contributed by atoms with Crippen molar-refractivity contribution in [1.29, 1.82) is 0 Å². The first-order valence-electron chi connectivity index (χ1n) is 10.6. The van der Waals surface area contributed by atoms with Crippen molar-refractivity contribution in [2.24, 2.45) is 10.9 Å². The zero-order valence-electron chi connectivity index (χ0n) is 18.7. The summed E-state index contributed by atoms with van der Waals surface area (Å²) in [4.78, 5) is 7.15. The second kappa shape index (κ2) is 13.5. The van der Waals surface area contributed by atoms with Gasteiger partial charge >= 0.3 is 0 Å². The van der Waals surface area contributed by atoms with E-state index >= 15 is 0 Å². The number of halogens is 1. The third-order valence-corrected chi connectivity index (χ3v) is 7.05. The fourth-order valence-corrected chi connectivity index (χ4v) is 4.91. The second-order valence-electron chi connectivity index (χ2n) is 7.97. The fraction of sp³-hybridized carbons (Fsp3) is 0.667. The van der Waals surface area contributed by atoms with Gasteiger partial charge in [0.2, 0.25) is 10.0 Å². The molecule has 7 nitrogen and oxygen atoms in total. The molecular formula is C21H38IN5O2S. The zero-order valence-corrected chi connectivity index (χ0v) is 21.9. The Morgan fingerprint density at radius 1 is 1.13 bits per heavy atom. The van der Waals surface area contributed by atoms with Gasteiger partial charge in [-0.15, -0.1) is 24.0 Å². The highest BCUT2D eigenvalue weighted by molar-refractivity contribution is 14.0. The molecule has 1 aromatic rings. The molecule has 1 heterocycles. The first-order chi connectivity index (χ1) is 13.8. The number of guanidine groups is 1. The lowest BCUT2D eigenvalue weighted by Crippen LogP contribution is -2.47. The van der Waals surface area contributed by atoms with E-state index in [1.165, 1.54) is 6.42 Å².